The van der Waals surface area contributed by atoms with Crippen LogP contribution in [0.1, 0.15) is 16.8 Å². The largest absolute Gasteiger partial charge is 0.491 e. The predicted octanol–water partition coefficient (Wildman–Crippen LogP) is 3.33. The summed E-state index contributed by atoms with van der Waals surface area (Å²) < 4.78 is 11.7. The SMILES string of the molecule is COCCCOc1c(Br)cc(C(=O)O)cc1Br. The Morgan fingerprint density at radius 1 is 1.29 bits per heavy atom. The normalized spacial score (nSPS) is 10.3. The molecule has 1 aromatic rings. The van der Waals surface area contributed by atoms with Crippen molar-refractivity contribution >= 4 is 37.8 Å². The molecule has 1 rings (SSSR count). The minimum Gasteiger partial charge on any atom is -0.491 e. The van der Waals surface area contributed by atoms with Gasteiger partial charge in [-0.25, -0.2) is 4.79 Å². The molecule has 4 nitrogen and oxygen atoms in total. The lowest BCUT2D eigenvalue weighted by atomic mass is 10.2. The molecule has 0 saturated heterocycles. The van der Waals surface area contributed by atoms with Gasteiger partial charge in [-0.2, -0.15) is 0 Å². The van der Waals surface area contributed by atoms with Crippen molar-refractivity contribution in [1.82, 2.24) is 0 Å². The van der Waals surface area contributed by atoms with Crippen LogP contribution in [-0.4, -0.2) is 31.4 Å². The molecule has 0 saturated carbocycles. The molecule has 0 amide bonds. The number of carboxylic acids is 1. The number of benzene rings is 1. The summed E-state index contributed by atoms with van der Waals surface area (Å²) in [6, 6.07) is 3.03. The third-order valence-corrected chi connectivity index (χ3v) is 3.16. The summed E-state index contributed by atoms with van der Waals surface area (Å²) in [5.41, 5.74) is 0.202. The summed E-state index contributed by atoms with van der Waals surface area (Å²) in [7, 11) is 1.63. The van der Waals surface area contributed by atoms with Crippen LogP contribution in [0.2, 0.25) is 0 Å². The first kappa shape index (κ1) is 14.5. The van der Waals surface area contributed by atoms with E-state index in [1.165, 1.54) is 12.1 Å². The molecule has 0 fully saturated rings. The van der Waals surface area contributed by atoms with Crippen LogP contribution in [0.25, 0.3) is 0 Å². The Morgan fingerprint density at radius 3 is 2.35 bits per heavy atom. The van der Waals surface area contributed by atoms with E-state index in [2.05, 4.69) is 31.9 Å². The van der Waals surface area contributed by atoms with E-state index in [1.807, 2.05) is 0 Å². The van der Waals surface area contributed by atoms with Crippen molar-refractivity contribution in [3.05, 3.63) is 26.6 Å². The van der Waals surface area contributed by atoms with Crippen molar-refractivity contribution in [3.8, 4) is 5.75 Å². The molecule has 0 radical (unpaired) electrons. The monoisotopic (exact) mass is 366 g/mol. The zero-order valence-electron chi connectivity index (χ0n) is 9.20. The molecule has 0 aliphatic heterocycles. The Balaban J connectivity index is 2.76. The molecular weight excluding hydrogens is 356 g/mol. The molecule has 1 N–H and O–H groups in total. The number of carboxylic acid groups (broad SMARTS) is 1. The van der Waals surface area contributed by atoms with E-state index in [-0.39, 0.29) is 5.56 Å². The average Bonchev–Trinajstić information content (AvgIpc) is 2.26. The topological polar surface area (TPSA) is 55.8 Å². The van der Waals surface area contributed by atoms with Gasteiger partial charge in [-0.3, -0.25) is 0 Å². The fourth-order valence-electron chi connectivity index (χ4n) is 1.20. The minimum atomic E-state index is -0.975. The van der Waals surface area contributed by atoms with Gasteiger partial charge >= 0.3 is 5.97 Å². The Hall–Kier alpha value is -0.590. The van der Waals surface area contributed by atoms with Crippen LogP contribution in [0.15, 0.2) is 21.1 Å². The molecule has 94 valence electrons. The zero-order chi connectivity index (χ0) is 12.8. The van der Waals surface area contributed by atoms with Gasteiger partial charge in [0, 0.05) is 20.1 Å². The number of hydrogen-bond donors (Lipinski definition) is 1. The Labute approximate surface area is 116 Å². The first-order valence-electron chi connectivity index (χ1n) is 4.90. The van der Waals surface area contributed by atoms with E-state index < -0.39 is 5.97 Å². The molecule has 0 aromatic heterocycles. The number of methoxy groups -OCH3 is 1. The fraction of sp³-hybridized carbons (Fsp3) is 0.364. The van der Waals surface area contributed by atoms with E-state index in [0.29, 0.717) is 27.9 Å². The van der Waals surface area contributed by atoms with Gasteiger partial charge in [0.15, 0.2) is 0 Å². The molecule has 0 aliphatic carbocycles. The number of rotatable bonds is 6. The minimum absolute atomic E-state index is 0.202. The Bertz CT molecular complexity index is 383. The smallest absolute Gasteiger partial charge is 0.335 e. The van der Waals surface area contributed by atoms with Gasteiger partial charge in [-0.15, -0.1) is 0 Å². The van der Waals surface area contributed by atoms with Crippen molar-refractivity contribution in [1.29, 1.82) is 0 Å². The van der Waals surface area contributed by atoms with E-state index in [0.717, 1.165) is 6.42 Å². The summed E-state index contributed by atoms with van der Waals surface area (Å²) >= 11 is 6.57. The third kappa shape index (κ3) is 4.29. The lowest BCUT2D eigenvalue weighted by molar-refractivity contribution is 0.0696. The van der Waals surface area contributed by atoms with E-state index in [4.69, 9.17) is 14.6 Å². The Kier molecular flexibility index (Phi) is 5.94. The van der Waals surface area contributed by atoms with Gasteiger partial charge < -0.3 is 14.6 Å². The van der Waals surface area contributed by atoms with Crippen LogP contribution in [0.5, 0.6) is 5.75 Å². The molecule has 0 bridgehead atoms. The fourth-order valence-corrected chi connectivity index (χ4v) is 2.61. The quantitative estimate of drug-likeness (QED) is 0.783. The van der Waals surface area contributed by atoms with Crippen molar-refractivity contribution < 1.29 is 19.4 Å². The van der Waals surface area contributed by atoms with E-state index in [1.54, 1.807) is 7.11 Å². The van der Waals surface area contributed by atoms with Gasteiger partial charge in [0.25, 0.3) is 0 Å². The van der Waals surface area contributed by atoms with Crippen LogP contribution in [-0.2, 0) is 4.74 Å². The molecule has 1 aromatic carbocycles. The molecule has 0 aliphatic rings. The maximum atomic E-state index is 10.8. The predicted molar refractivity (Wildman–Crippen MR) is 70.8 cm³/mol. The standard InChI is InChI=1S/C11H12Br2O4/c1-16-3-2-4-17-10-8(12)5-7(11(14)15)6-9(10)13/h5-6H,2-4H2,1H3,(H,14,15). The third-order valence-electron chi connectivity index (χ3n) is 1.98. The van der Waals surface area contributed by atoms with Crippen LogP contribution in [0, 0.1) is 0 Å². The second-order valence-electron chi connectivity index (χ2n) is 3.27. The van der Waals surface area contributed by atoms with Gasteiger partial charge in [-0.05, 0) is 44.0 Å². The van der Waals surface area contributed by atoms with Crippen molar-refractivity contribution in [3.63, 3.8) is 0 Å². The molecule has 0 heterocycles. The second kappa shape index (κ2) is 6.98. The molecule has 0 atom stereocenters. The highest BCUT2D eigenvalue weighted by Crippen LogP contribution is 2.34. The number of ether oxygens (including phenoxy) is 2. The van der Waals surface area contributed by atoms with Crippen LogP contribution >= 0.6 is 31.9 Å². The molecule has 0 unspecified atom stereocenters. The van der Waals surface area contributed by atoms with Gasteiger partial charge in [0.1, 0.15) is 5.75 Å². The van der Waals surface area contributed by atoms with Gasteiger partial charge in [0.2, 0.25) is 0 Å². The molecule has 17 heavy (non-hydrogen) atoms. The first-order chi connectivity index (χ1) is 8.06. The number of aromatic carboxylic acids is 1. The lowest BCUT2D eigenvalue weighted by Gasteiger charge is -2.10. The van der Waals surface area contributed by atoms with Crippen molar-refractivity contribution in [2.45, 2.75) is 6.42 Å². The molecule has 0 spiro atoms. The number of halogens is 2. The van der Waals surface area contributed by atoms with Crippen molar-refractivity contribution in [2.75, 3.05) is 20.3 Å². The summed E-state index contributed by atoms with van der Waals surface area (Å²) in [5.74, 6) is -0.372. The highest BCUT2D eigenvalue weighted by Gasteiger charge is 2.12. The van der Waals surface area contributed by atoms with Crippen LogP contribution < -0.4 is 4.74 Å². The lowest BCUT2D eigenvalue weighted by Crippen LogP contribution is -2.03. The summed E-state index contributed by atoms with van der Waals surface area (Å²) in [6.45, 7) is 1.14. The summed E-state index contributed by atoms with van der Waals surface area (Å²) in [4.78, 5) is 10.8. The Morgan fingerprint density at radius 2 is 1.88 bits per heavy atom. The van der Waals surface area contributed by atoms with E-state index >= 15 is 0 Å². The number of hydrogen-bond acceptors (Lipinski definition) is 3. The van der Waals surface area contributed by atoms with Crippen molar-refractivity contribution in [2.24, 2.45) is 0 Å². The highest BCUT2D eigenvalue weighted by molar-refractivity contribution is 9.11. The van der Waals surface area contributed by atoms with Gasteiger partial charge in [-0.1, -0.05) is 0 Å². The van der Waals surface area contributed by atoms with E-state index in [9.17, 15) is 4.79 Å². The van der Waals surface area contributed by atoms with Gasteiger partial charge in [0.05, 0.1) is 21.1 Å². The molecular formula is C11H12Br2O4. The maximum Gasteiger partial charge on any atom is 0.335 e. The zero-order valence-corrected chi connectivity index (χ0v) is 12.4. The summed E-state index contributed by atoms with van der Waals surface area (Å²) in [5, 5.41) is 8.87. The average molecular weight is 368 g/mol. The molecule has 6 heteroatoms. The summed E-state index contributed by atoms with van der Waals surface area (Å²) in [6.07, 6.45) is 0.774. The number of carbonyl (C=O) groups is 1. The highest BCUT2D eigenvalue weighted by atomic mass is 79.9. The second-order valence-corrected chi connectivity index (χ2v) is 4.98. The first-order valence-corrected chi connectivity index (χ1v) is 6.49. The maximum absolute atomic E-state index is 10.8. The van der Waals surface area contributed by atoms with Crippen LogP contribution in [0.4, 0.5) is 0 Å². The van der Waals surface area contributed by atoms with Crippen LogP contribution in [0.3, 0.4) is 0 Å².